The van der Waals surface area contributed by atoms with Crippen LogP contribution in [0.1, 0.15) is 117 Å². The van der Waals surface area contributed by atoms with E-state index in [0.717, 1.165) is 38.5 Å². The summed E-state index contributed by atoms with van der Waals surface area (Å²) in [5, 5.41) is 8.73. The maximum Gasteiger partial charge on any atom is 0.472 e. The van der Waals surface area contributed by atoms with E-state index in [1.807, 2.05) is 0 Å². The van der Waals surface area contributed by atoms with Gasteiger partial charge in [0.25, 0.3) is 0 Å². The number of carboxylic acid groups (broad SMARTS) is 1. The molecular weight excluding hydrogens is 565 g/mol. The summed E-state index contributed by atoms with van der Waals surface area (Å²) in [5.74, 6) is -2.50. The standard InChI is InChI=1S/C30H54NO10P/c1-3-5-6-7-8-9-10-11-12-13-14-15-16-17-18-19-20-21-22-29(33)41-26(23-38-28(32)4-2)24-39-42(36,37)40-25-27(31)30(34)35/h9-10,12-13,26-27H,3-8,11,14-25,31H2,1-2H3,(H,34,35)(H,36,37)/b10-9-,13-12-. The van der Waals surface area contributed by atoms with Crippen LogP contribution >= 0.6 is 7.82 Å². The fourth-order valence-corrected chi connectivity index (χ4v) is 4.50. The highest BCUT2D eigenvalue weighted by atomic mass is 31.2. The number of carbonyl (C=O) groups is 3. The fraction of sp³-hybridized carbons (Fsp3) is 0.767. The molecule has 42 heavy (non-hydrogen) atoms. The number of carbonyl (C=O) groups excluding carboxylic acids is 2. The van der Waals surface area contributed by atoms with E-state index in [1.165, 1.54) is 44.9 Å². The molecule has 0 heterocycles. The first kappa shape index (κ1) is 40.0. The highest BCUT2D eigenvalue weighted by molar-refractivity contribution is 7.47. The molecule has 0 aliphatic rings. The van der Waals surface area contributed by atoms with Gasteiger partial charge in [0.15, 0.2) is 6.10 Å². The van der Waals surface area contributed by atoms with Gasteiger partial charge in [-0.2, -0.15) is 0 Å². The number of aliphatic carboxylic acids is 1. The highest BCUT2D eigenvalue weighted by Gasteiger charge is 2.28. The van der Waals surface area contributed by atoms with E-state index in [0.29, 0.717) is 6.42 Å². The van der Waals surface area contributed by atoms with Crippen LogP contribution < -0.4 is 5.73 Å². The third kappa shape index (κ3) is 25.7. The minimum Gasteiger partial charge on any atom is -0.480 e. The number of hydrogen-bond donors (Lipinski definition) is 3. The molecule has 0 radical (unpaired) electrons. The molecule has 12 heteroatoms. The van der Waals surface area contributed by atoms with Crippen molar-refractivity contribution in [3.05, 3.63) is 24.3 Å². The number of phosphoric acid groups is 1. The number of ether oxygens (including phenoxy) is 2. The van der Waals surface area contributed by atoms with E-state index >= 15 is 0 Å². The van der Waals surface area contributed by atoms with Crippen LogP contribution in [-0.2, 0) is 37.5 Å². The average Bonchev–Trinajstić information content (AvgIpc) is 2.96. The Hall–Kier alpha value is -2.04. The maximum absolute atomic E-state index is 12.3. The zero-order valence-corrected chi connectivity index (χ0v) is 26.5. The second-order valence-corrected chi connectivity index (χ2v) is 11.6. The Morgan fingerprint density at radius 1 is 0.762 bits per heavy atom. The predicted molar refractivity (Wildman–Crippen MR) is 162 cm³/mol. The van der Waals surface area contributed by atoms with Crippen molar-refractivity contribution in [3.8, 4) is 0 Å². The van der Waals surface area contributed by atoms with Crippen LogP contribution in [0.2, 0.25) is 0 Å². The van der Waals surface area contributed by atoms with Gasteiger partial charge in [-0.15, -0.1) is 0 Å². The Morgan fingerprint density at radius 2 is 1.31 bits per heavy atom. The predicted octanol–water partition coefficient (Wildman–Crippen LogP) is 6.38. The van der Waals surface area contributed by atoms with Crippen LogP contribution in [0.3, 0.4) is 0 Å². The van der Waals surface area contributed by atoms with E-state index in [1.54, 1.807) is 6.92 Å². The van der Waals surface area contributed by atoms with Crippen molar-refractivity contribution in [3.63, 3.8) is 0 Å². The van der Waals surface area contributed by atoms with Crippen LogP contribution in [0.4, 0.5) is 0 Å². The Balaban J connectivity index is 4.09. The lowest BCUT2D eigenvalue weighted by atomic mass is 10.1. The number of rotatable bonds is 28. The molecule has 0 amide bonds. The van der Waals surface area contributed by atoms with E-state index in [2.05, 4.69) is 35.8 Å². The molecule has 0 aromatic heterocycles. The van der Waals surface area contributed by atoms with Crippen LogP contribution in [0.15, 0.2) is 24.3 Å². The van der Waals surface area contributed by atoms with E-state index < -0.39 is 51.1 Å². The Kier molecular flexibility index (Phi) is 25.3. The summed E-state index contributed by atoms with van der Waals surface area (Å²) in [6.07, 6.45) is 23.8. The molecule has 0 saturated heterocycles. The van der Waals surface area contributed by atoms with Crippen molar-refractivity contribution in [1.29, 1.82) is 0 Å². The number of carboxylic acids is 1. The Bertz CT molecular complexity index is 833. The number of esters is 2. The van der Waals surface area contributed by atoms with Crippen molar-refractivity contribution in [2.75, 3.05) is 19.8 Å². The van der Waals surface area contributed by atoms with Gasteiger partial charge >= 0.3 is 25.7 Å². The first-order valence-electron chi connectivity index (χ1n) is 15.4. The molecule has 0 aromatic carbocycles. The lowest BCUT2D eigenvalue weighted by Gasteiger charge is -2.20. The fourth-order valence-electron chi connectivity index (χ4n) is 3.72. The minimum atomic E-state index is -4.68. The van der Waals surface area contributed by atoms with Gasteiger partial charge in [0, 0.05) is 12.8 Å². The Morgan fingerprint density at radius 3 is 1.88 bits per heavy atom. The molecule has 0 spiro atoms. The molecule has 0 aliphatic heterocycles. The maximum atomic E-state index is 12.3. The molecule has 0 rings (SSSR count). The molecule has 0 fully saturated rings. The van der Waals surface area contributed by atoms with Crippen molar-refractivity contribution < 1.29 is 47.5 Å². The van der Waals surface area contributed by atoms with Gasteiger partial charge in [0.2, 0.25) is 0 Å². The average molecular weight is 620 g/mol. The molecule has 3 unspecified atom stereocenters. The number of nitrogens with two attached hydrogens (primary N) is 1. The second kappa shape index (κ2) is 26.6. The minimum absolute atomic E-state index is 0.101. The highest BCUT2D eigenvalue weighted by Crippen LogP contribution is 2.43. The molecule has 0 aliphatic carbocycles. The second-order valence-electron chi connectivity index (χ2n) is 10.2. The topological polar surface area (TPSA) is 172 Å². The zero-order valence-electron chi connectivity index (χ0n) is 25.6. The van der Waals surface area contributed by atoms with E-state index in [9.17, 15) is 23.8 Å². The number of allylic oxidation sites excluding steroid dienone is 4. The summed E-state index contributed by atoms with van der Waals surface area (Å²) in [6.45, 7) is 2.11. The monoisotopic (exact) mass is 619 g/mol. The first-order chi connectivity index (χ1) is 20.1. The van der Waals surface area contributed by atoms with Crippen molar-refractivity contribution in [2.24, 2.45) is 5.73 Å². The van der Waals surface area contributed by atoms with Gasteiger partial charge in [0.05, 0.1) is 13.2 Å². The molecule has 11 nitrogen and oxygen atoms in total. The molecule has 4 N–H and O–H groups in total. The molecule has 0 bridgehead atoms. The van der Waals surface area contributed by atoms with Gasteiger partial charge in [-0.25, -0.2) is 4.57 Å². The molecule has 244 valence electrons. The normalized spacial score (nSPS) is 14.6. The van der Waals surface area contributed by atoms with Crippen LogP contribution in [0, 0.1) is 0 Å². The van der Waals surface area contributed by atoms with E-state index in [4.69, 9.17) is 24.8 Å². The van der Waals surface area contributed by atoms with Crippen molar-refractivity contribution in [2.45, 2.75) is 129 Å². The molecular formula is C30H54NO10P. The quantitative estimate of drug-likeness (QED) is 0.0384. The molecule has 0 aromatic rings. The SMILES string of the molecule is CCCCCC/C=C\C/C=C\CCCCCCCCCC(=O)OC(COC(=O)CC)COP(=O)(O)OCC(N)C(=O)O. The smallest absolute Gasteiger partial charge is 0.472 e. The van der Waals surface area contributed by atoms with Crippen molar-refractivity contribution in [1.82, 2.24) is 0 Å². The largest absolute Gasteiger partial charge is 0.480 e. The number of hydrogen-bond acceptors (Lipinski definition) is 9. The Labute approximate surface area is 251 Å². The van der Waals surface area contributed by atoms with Gasteiger partial charge < -0.3 is 25.2 Å². The molecule has 0 saturated carbocycles. The summed E-state index contributed by atoms with van der Waals surface area (Å²) < 4.78 is 31.6. The zero-order chi connectivity index (χ0) is 31.5. The summed E-state index contributed by atoms with van der Waals surface area (Å²) in [7, 11) is -4.68. The lowest BCUT2D eigenvalue weighted by Crippen LogP contribution is -2.34. The lowest BCUT2D eigenvalue weighted by molar-refractivity contribution is -0.161. The van der Waals surface area contributed by atoms with Crippen molar-refractivity contribution >= 4 is 25.7 Å². The van der Waals surface area contributed by atoms with Crippen LogP contribution in [-0.4, -0.2) is 59.9 Å². The van der Waals surface area contributed by atoms with Crippen LogP contribution in [0.5, 0.6) is 0 Å². The van der Waals surface area contributed by atoms with Gasteiger partial charge in [-0.05, 0) is 38.5 Å². The number of unbranched alkanes of at least 4 members (excludes halogenated alkanes) is 11. The third-order valence-corrected chi connectivity index (χ3v) is 7.21. The van der Waals surface area contributed by atoms with E-state index in [-0.39, 0.29) is 19.4 Å². The van der Waals surface area contributed by atoms with Gasteiger partial charge in [-0.3, -0.25) is 23.4 Å². The first-order valence-corrected chi connectivity index (χ1v) is 16.9. The summed E-state index contributed by atoms with van der Waals surface area (Å²) in [5.41, 5.74) is 5.24. The summed E-state index contributed by atoms with van der Waals surface area (Å²) in [4.78, 5) is 44.2. The third-order valence-electron chi connectivity index (χ3n) is 6.26. The van der Waals surface area contributed by atoms with Gasteiger partial charge in [-0.1, -0.05) is 89.5 Å². The van der Waals surface area contributed by atoms with Gasteiger partial charge in [0.1, 0.15) is 12.6 Å². The van der Waals surface area contributed by atoms with Crippen LogP contribution in [0.25, 0.3) is 0 Å². The summed E-state index contributed by atoms with van der Waals surface area (Å²) >= 11 is 0. The number of phosphoric ester groups is 1. The molecule has 3 atom stereocenters. The summed E-state index contributed by atoms with van der Waals surface area (Å²) in [6, 6.07) is -1.52.